The van der Waals surface area contributed by atoms with Crippen molar-refractivity contribution in [1.29, 1.82) is 0 Å². The Morgan fingerprint density at radius 3 is 2.68 bits per heavy atom. The SMILES string of the molecule is O=C(O)Cn1nnc(-c2cc(N3CCC(C(=O)c4ccccc4C(F)F)CC3)no2)n1. The molecule has 12 heteroatoms. The van der Waals surface area contributed by atoms with Crippen molar-refractivity contribution in [2.75, 3.05) is 18.0 Å². The predicted molar refractivity (Wildman–Crippen MR) is 102 cm³/mol. The van der Waals surface area contributed by atoms with Crippen molar-refractivity contribution >= 4 is 17.6 Å². The van der Waals surface area contributed by atoms with Crippen LogP contribution in [0.2, 0.25) is 0 Å². The van der Waals surface area contributed by atoms with E-state index >= 15 is 0 Å². The Balaban J connectivity index is 1.40. The Labute approximate surface area is 174 Å². The molecule has 1 saturated heterocycles. The summed E-state index contributed by atoms with van der Waals surface area (Å²) in [5.74, 6) is -0.862. The Morgan fingerprint density at radius 2 is 1.97 bits per heavy atom. The topological polar surface area (TPSA) is 127 Å². The summed E-state index contributed by atoms with van der Waals surface area (Å²) in [6.07, 6.45) is -1.71. The maximum Gasteiger partial charge on any atom is 0.327 e. The number of halogens is 2. The molecule has 4 rings (SSSR count). The zero-order valence-corrected chi connectivity index (χ0v) is 16.2. The number of hydrogen-bond acceptors (Lipinski definition) is 8. The van der Waals surface area contributed by atoms with Crippen molar-refractivity contribution in [2.45, 2.75) is 25.8 Å². The molecule has 1 N–H and O–H groups in total. The fourth-order valence-electron chi connectivity index (χ4n) is 3.55. The molecular weight excluding hydrogens is 414 g/mol. The molecule has 0 saturated carbocycles. The van der Waals surface area contributed by atoms with Crippen LogP contribution in [0.25, 0.3) is 11.6 Å². The van der Waals surface area contributed by atoms with E-state index in [2.05, 4.69) is 20.6 Å². The lowest BCUT2D eigenvalue weighted by atomic mass is 9.87. The van der Waals surface area contributed by atoms with E-state index in [1.807, 2.05) is 4.90 Å². The second kappa shape index (κ2) is 8.58. The number of alkyl halides is 2. The highest BCUT2D eigenvalue weighted by Gasteiger charge is 2.30. The third kappa shape index (κ3) is 4.42. The minimum Gasteiger partial charge on any atom is -0.480 e. The highest BCUT2D eigenvalue weighted by molar-refractivity contribution is 5.99. The van der Waals surface area contributed by atoms with Crippen molar-refractivity contribution in [3.05, 3.63) is 41.5 Å². The van der Waals surface area contributed by atoms with E-state index in [-0.39, 0.29) is 34.4 Å². The Hall–Kier alpha value is -3.70. The second-order valence-electron chi connectivity index (χ2n) is 7.10. The summed E-state index contributed by atoms with van der Waals surface area (Å²) < 4.78 is 31.7. The predicted octanol–water partition coefficient (Wildman–Crippen LogP) is 2.45. The van der Waals surface area contributed by atoms with E-state index < -0.39 is 18.9 Å². The molecule has 1 aliphatic heterocycles. The maximum absolute atomic E-state index is 13.2. The molecule has 1 aliphatic rings. The first-order chi connectivity index (χ1) is 14.9. The molecule has 3 heterocycles. The number of ketones is 1. The highest BCUT2D eigenvalue weighted by atomic mass is 19.3. The van der Waals surface area contributed by atoms with Gasteiger partial charge in [-0.3, -0.25) is 9.59 Å². The number of aliphatic carboxylic acids is 1. The normalized spacial score (nSPS) is 14.9. The molecular formula is C19H18F2N6O4. The van der Waals surface area contributed by atoms with Gasteiger partial charge >= 0.3 is 5.97 Å². The lowest BCUT2D eigenvalue weighted by molar-refractivity contribution is -0.138. The minimum absolute atomic E-state index is 0.0789. The molecule has 0 spiro atoms. The lowest BCUT2D eigenvalue weighted by Gasteiger charge is -2.31. The standard InChI is InChI=1S/C19H18F2N6O4/c20-18(21)13-4-2-1-3-12(13)17(30)11-5-7-26(8-6-11)15-9-14(31-24-15)19-22-25-27(23-19)10-16(28)29/h1-4,9,11,18H,5-8,10H2,(H,28,29). The minimum atomic E-state index is -2.70. The molecule has 2 aromatic heterocycles. The number of Topliss-reactive ketones (excluding diaryl/α,β-unsaturated/α-hetero) is 1. The van der Waals surface area contributed by atoms with E-state index in [9.17, 15) is 18.4 Å². The summed E-state index contributed by atoms with van der Waals surface area (Å²) >= 11 is 0. The van der Waals surface area contributed by atoms with Crippen LogP contribution in [0.4, 0.5) is 14.6 Å². The van der Waals surface area contributed by atoms with Crippen LogP contribution in [-0.4, -0.2) is 55.3 Å². The molecule has 0 atom stereocenters. The number of piperidine rings is 1. The number of carbonyl (C=O) groups excluding carboxylic acids is 1. The molecule has 0 aliphatic carbocycles. The van der Waals surface area contributed by atoms with Crippen LogP contribution >= 0.6 is 0 Å². The van der Waals surface area contributed by atoms with E-state index in [1.165, 1.54) is 18.2 Å². The fraction of sp³-hybridized carbons (Fsp3) is 0.368. The number of nitrogens with zero attached hydrogens (tertiary/aromatic N) is 6. The van der Waals surface area contributed by atoms with Crippen molar-refractivity contribution in [3.8, 4) is 11.6 Å². The average molecular weight is 432 g/mol. The Kier molecular flexibility index (Phi) is 5.69. The van der Waals surface area contributed by atoms with Gasteiger partial charge in [-0.15, -0.1) is 10.2 Å². The fourth-order valence-corrected chi connectivity index (χ4v) is 3.55. The molecule has 10 nitrogen and oxygen atoms in total. The highest BCUT2D eigenvalue weighted by Crippen LogP contribution is 2.30. The van der Waals surface area contributed by atoms with Gasteiger partial charge in [-0.25, -0.2) is 8.78 Å². The third-order valence-electron chi connectivity index (χ3n) is 5.10. The molecule has 1 aromatic carbocycles. The van der Waals surface area contributed by atoms with Crippen molar-refractivity contribution in [2.24, 2.45) is 5.92 Å². The van der Waals surface area contributed by atoms with Crippen LogP contribution in [0, 0.1) is 5.92 Å². The molecule has 0 unspecified atom stereocenters. The van der Waals surface area contributed by atoms with E-state index in [4.69, 9.17) is 9.63 Å². The van der Waals surface area contributed by atoms with Crippen LogP contribution in [0.1, 0.15) is 35.2 Å². The average Bonchev–Trinajstić information content (AvgIpc) is 3.42. The van der Waals surface area contributed by atoms with Gasteiger partial charge in [0, 0.05) is 36.2 Å². The second-order valence-corrected chi connectivity index (χ2v) is 7.10. The van der Waals surface area contributed by atoms with Gasteiger partial charge in [0.2, 0.25) is 11.6 Å². The van der Waals surface area contributed by atoms with Crippen LogP contribution in [-0.2, 0) is 11.3 Å². The number of hydrogen-bond donors (Lipinski definition) is 1. The van der Waals surface area contributed by atoms with E-state index in [1.54, 1.807) is 12.1 Å². The molecule has 162 valence electrons. The van der Waals surface area contributed by atoms with Gasteiger partial charge in [-0.1, -0.05) is 29.4 Å². The summed E-state index contributed by atoms with van der Waals surface area (Å²) in [5.41, 5.74) is -0.158. The summed E-state index contributed by atoms with van der Waals surface area (Å²) in [6, 6.07) is 7.43. The van der Waals surface area contributed by atoms with Gasteiger partial charge in [0.25, 0.3) is 6.43 Å². The van der Waals surface area contributed by atoms with Crippen molar-refractivity contribution < 1.29 is 28.0 Å². The molecule has 1 fully saturated rings. The van der Waals surface area contributed by atoms with Crippen LogP contribution < -0.4 is 4.90 Å². The van der Waals surface area contributed by atoms with Gasteiger partial charge in [-0.2, -0.15) is 4.80 Å². The zero-order chi connectivity index (χ0) is 22.0. The summed E-state index contributed by atoms with van der Waals surface area (Å²) in [6.45, 7) is 0.570. The number of carboxylic acids is 1. The largest absolute Gasteiger partial charge is 0.480 e. The number of anilines is 1. The quantitative estimate of drug-likeness (QED) is 0.560. The van der Waals surface area contributed by atoms with Crippen LogP contribution in [0.15, 0.2) is 34.9 Å². The first kappa shape index (κ1) is 20.6. The Morgan fingerprint density at radius 1 is 1.23 bits per heavy atom. The van der Waals surface area contributed by atoms with Gasteiger partial charge in [-0.05, 0) is 18.1 Å². The Bertz CT molecular complexity index is 1090. The van der Waals surface area contributed by atoms with Crippen molar-refractivity contribution in [1.82, 2.24) is 25.4 Å². The number of rotatable bonds is 7. The molecule has 31 heavy (non-hydrogen) atoms. The summed E-state index contributed by atoms with van der Waals surface area (Å²) in [5, 5.41) is 24.1. The third-order valence-corrected chi connectivity index (χ3v) is 5.10. The van der Waals surface area contributed by atoms with Gasteiger partial charge in [0.15, 0.2) is 18.1 Å². The zero-order valence-electron chi connectivity index (χ0n) is 16.2. The smallest absolute Gasteiger partial charge is 0.327 e. The first-order valence-corrected chi connectivity index (χ1v) is 9.55. The number of carbonyl (C=O) groups is 2. The van der Waals surface area contributed by atoms with Crippen molar-refractivity contribution in [3.63, 3.8) is 0 Å². The molecule has 0 bridgehead atoms. The lowest BCUT2D eigenvalue weighted by Crippen LogP contribution is -2.36. The summed E-state index contributed by atoms with van der Waals surface area (Å²) in [7, 11) is 0. The number of tetrazole rings is 1. The molecule has 3 aromatic rings. The number of carboxylic acid groups (broad SMARTS) is 1. The summed E-state index contributed by atoms with van der Waals surface area (Å²) in [4.78, 5) is 26.3. The number of aromatic nitrogens is 5. The van der Waals surface area contributed by atoms with E-state index in [0.717, 1.165) is 4.80 Å². The maximum atomic E-state index is 13.2. The van der Waals surface area contributed by atoms with E-state index in [0.29, 0.717) is 31.7 Å². The van der Waals surface area contributed by atoms with Crippen LogP contribution in [0.5, 0.6) is 0 Å². The monoisotopic (exact) mass is 432 g/mol. The molecule has 0 amide bonds. The number of benzene rings is 1. The van der Waals surface area contributed by atoms with Gasteiger partial charge in [0.05, 0.1) is 0 Å². The first-order valence-electron chi connectivity index (χ1n) is 9.55. The van der Waals surface area contributed by atoms with Crippen LogP contribution in [0.3, 0.4) is 0 Å². The molecule has 0 radical (unpaired) electrons. The van der Waals surface area contributed by atoms with Gasteiger partial charge in [0.1, 0.15) is 0 Å². The van der Waals surface area contributed by atoms with Gasteiger partial charge < -0.3 is 14.5 Å².